The molecule has 10 heavy (non-hydrogen) atoms. The Morgan fingerprint density at radius 3 is 2.70 bits per heavy atom. The van der Waals surface area contributed by atoms with Gasteiger partial charge in [-0.3, -0.25) is 5.11 Å². The molecule has 5 nitrogen and oxygen atoms in total. The number of aromatic nitrogens is 2. The van der Waals surface area contributed by atoms with Gasteiger partial charge in [0.15, 0.2) is 0 Å². The van der Waals surface area contributed by atoms with Crippen molar-refractivity contribution in [2.24, 2.45) is 0 Å². The van der Waals surface area contributed by atoms with Crippen LogP contribution in [0.2, 0.25) is 0 Å². The summed E-state index contributed by atoms with van der Waals surface area (Å²) in [7, 11) is 0. The molecule has 1 aromatic heterocycles. The lowest BCUT2D eigenvalue weighted by molar-refractivity contribution is 0.0690. The fraction of sp³-hybridized carbons (Fsp3) is 0. The first-order chi connectivity index (χ1) is 4.72. The zero-order chi connectivity index (χ0) is 7.56. The van der Waals surface area contributed by atoms with Crippen molar-refractivity contribution in [3.63, 3.8) is 0 Å². The minimum atomic E-state index is -1.28. The molecule has 0 spiro atoms. The van der Waals surface area contributed by atoms with E-state index in [9.17, 15) is 9.90 Å². The Hall–Kier alpha value is -1.65. The van der Waals surface area contributed by atoms with Crippen molar-refractivity contribution in [3.05, 3.63) is 17.8 Å². The van der Waals surface area contributed by atoms with Crippen molar-refractivity contribution in [1.29, 1.82) is 0 Å². The monoisotopic (exact) mass is 139 g/mol. The van der Waals surface area contributed by atoms with Crippen molar-refractivity contribution in [1.82, 2.24) is 10.2 Å². The van der Waals surface area contributed by atoms with Gasteiger partial charge in [0, 0.05) is 0 Å². The number of carboxylic acids is 1. The summed E-state index contributed by atoms with van der Waals surface area (Å²) in [5.74, 6) is -2.09. The van der Waals surface area contributed by atoms with E-state index >= 15 is 0 Å². The average Bonchev–Trinajstić information content (AvgIpc) is 1.88. The second-order valence-electron chi connectivity index (χ2n) is 1.56. The summed E-state index contributed by atoms with van der Waals surface area (Å²) < 4.78 is 0. The highest BCUT2D eigenvalue weighted by Gasteiger charge is 2.10. The lowest BCUT2D eigenvalue weighted by Gasteiger charge is -1.89. The van der Waals surface area contributed by atoms with Crippen LogP contribution in [-0.2, 0) is 5.11 Å². The molecule has 1 radical (unpaired) electrons. The number of hydrogen-bond donors (Lipinski definition) is 1. The zero-order valence-electron chi connectivity index (χ0n) is 4.81. The van der Waals surface area contributed by atoms with Gasteiger partial charge in [-0.1, -0.05) is 0 Å². The van der Waals surface area contributed by atoms with Crippen molar-refractivity contribution >= 4 is 5.97 Å². The Morgan fingerprint density at radius 2 is 2.30 bits per heavy atom. The molecular formula is C5H3N2O3. The molecule has 0 amide bonds. The fourth-order valence-corrected chi connectivity index (χ4v) is 0.482. The predicted molar refractivity (Wildman–Crippen MR) is 29.1 cm³/mol. The van der Waals surface area contributed by atoms with Crippen LogP contribution in [0, 0.1) is 0 Å². The van der Waals surface area contributed by atoms with Gasteiger partial charge in [-0.25, -0.2) is 4.79 Å². The van der Waals surface area contributed by atoms with Crippen LogP contribution in [0.5, 0.6) is 5.88 Å². The van der Waals surface area contributed by atoms with Crippen LogP contribution in [-0.4, -0.2) is 21.3 Å². The molecule has 1 heterocycles. The van der Waals surface area contributed by atoms with Crippen LogP contribution in [0.15, 0.2) is 12.3 Å². The average molecular weight is 139 g/mol. The van der Waals surface area contributed by atoms with E-state index < -0.39 is 11.8 Å². The summed E-state index contributed by atoms with van der Waals surface area (Å²) in [6, 6.07) is 1.11. The van der Waals surface area contributed by atoms with Gasteiger partial charge in [0.25, 0.3) is 0 Å². The maximum atomic E-state index is 10.5. The smallest absolute Gasteiger partial charge is 0.341 e. The van der Waals surface area contributed by atoms with Gasteiger partial charge in [0.1, 0.15) is 5.56 Å². The third-order valence-corrected chi connectivity index (χ3v) is 0.917. The minimum absolute atomic E-state index is 0.352. The molecule has 0 aliphatic carbocycles. The molecule has 1 N–H and O–H groups in total. The van der Waals surface area contributed by atoms with Gasteiger partial charge in [-0.15, -0.1) is 5.10 Å². The Morgan fingerprint density at radius 1 is 1.60 bits per heavy atom. The van der Waals surface area contributed by atoms with E-state index in [0.717, 1.165) is 12.3 Å². The lowest BCUT2D eigenvalue weighted by atomic mass is 10.3. The van der Waals surface area contributed by atoms with Gasteiger partial charge in [0.05, 0.1) is 6.20 Å². The van der Waals surface area contributed by atoms with E-state index in [1.807, 2.05) is 0 Å². The number of hydrogen-bond acceptors (Lipinski definition) is 3. The number of aromatic carboxylic acids is 1. The fourth-order valence-electron chi connectivity index (χ4n) is 0.482. The first-order valence-electron chi connectivity index (χ1n) is 2.44. The Bertz CT molecular complexity index is 261. The number of nitrogens with zero attached hydrogens (tertiary/aromatic N) is 2. The van der Waals surface area contributed by atoms with E-state index in [-0.39, 0.29) is 5.56 Å². The number of rotatable bonds is 1. The summed E-state index contributed by atoms with van der Waals surface area (Å²) >= 11 is 0. The molecule has 0 fully saturated rings. The normalized spacial score (nSPS) is 9.20. The Balaban J connectivity index is 3.15. The van der Waals surface area contributed by atoms with Crippen LogP contribution >= 0.6 is 0 Å². The standard InChI is InChI=1S/C5H3N2O3/c8-4-3(5(9)10)1-2-6-7-4/h1-2H,(H,9,10). The Kier molecular flexibility index (Phi) is 1.49. The Labute approximate surface area is 56.0 Å². The van der Waals surface area contributed by atoms with E-state index in [2.05, 4.69) is 10.2 Å². The molecule has 0 aromatic carbocycles. The van der Waals surface area contributed by atoms with E-state index in [1.165, 1.54) is 0 Å². The molecule has 0 aliphatic heterocycles. The maximum absolute atomic E-state index is 10.5. The molecule has 0 atom stereocenters. The van der Waals surface area contributed by atoms with Crippen LogP contribution < -0.4 is 0 Å². The SMILES string of the molecule is [O]c1nnccc1C(=O)O. The molecule has 0 saturated carbocycles. The van der Waals surface area contributed by atoms with E-state index in [4.69, 9.17) is 5.11 Å². The zero-order valence-corrected chi connectivity index (χ0v) is 4.81. The highest BCUT2D eigenvalue weighted by molar-refractivity contribution is 5.89. The van der Waals surface area contributed by atoms with Crippen LogP contribution in [0.25, 0.3) is 0 Å². The maximum Gasteiger partial charge on any atom is 0.341 e. The van der Waals surface area contributed by atoms with Gasteiger partial charge in [-0.05, 0) is 6.07 Å². The largest absolute Gasteiger partial charge is 0.477 e. The molecule has 0 unspecified atom stereocenters. The highest BCUT2D eigenvalue weighted by atomic mass is 16.4. The molecular weight excluding hydrogens is 136 g/mol. The molecule has 0 bridgehead atoms. The van der Waals surface area contributed by atoms with E-state index in [0.29, 0.717) is 0 Å². The highest BCUT2D eigenvalue weighted by Crippen LogP contribution is 2.09. The molecule has 51 valence electrons. The quantitative estimate of drug-likeness (QED) is 0.607. The lowest BCUT2D eigenvalue weighted by Crippen LogP contribution is -1.97. The molecule has 1 aromatic rings. The molecule has 1 rings (SSSR count). The molecule has 0 aliphatic rings. The van der Waals surface area contributed by atoms with E-state index in [1.54, 1.807) is 0 Å². The summed E-state index contributed by atoms with van der Waals surface area (Å²) in [6.45, 7) is 0. The summed E-state index contributed by atoms with van der Waals surface area (Å²) in [5.41, 5.74) is -0.352. The van der Waals surface area contributed by atoms with Crippen LogP contribution in [0.3, 0.4) is 0 Å². The first-order valence-corrected chi connectivity index (χ1v) is 2.44. The van der Waals surface area contributed by atoms with Crippen molar-refractivity contribution in [2.75, 3.05) is 0 Å². The van der Waals surface area contributed by atoms with Gasteiger partial charge in [-0.2, -0.15) is 5.10 Å². The second kappa shape index (κ2) is 2.30. The summed E-state index contributed by atoms with van der Waals surface area (Å²) in [6.07, 6.45) is 1.16. The third-order valence-electron chi connectivity index (χ3n) is 0.917. The third kappa shape index (κ3) is 1.02. The van der Waals surface area contributed by atoms with Crippen LogP contribution in [0.1, 0.15) is 10.4 Å². The predicted octanol–water partition coefficient (Wildman–Crippen LogP) is 0.319. The van der Waals surface area contributed by atoms with Gasteiger partial charge < -0.3 is 5.11 Å². The minimum Gasteiger partial charge on any atom is -0.477 e. The topological polar surface area (TPSA) is 83.0 Å². The number of carbonyl (C=O) groups is 1. The molecule has 0 saturated heterocycles. The molecule has 5 heteroatoms. The number of carboxylic acid groups (broad SMARTS) is 1. The van der Waals surface area contributed by atoms with Crippen molar-refractivity contribution < 1.29 is 15.0 Å². The van der Waals surface area contributed by atoms with Crippen LogP contribution in [0.4, 0.5) is 0 Å². The summed E-state index contributed by atoms with van der Waals surface area (Å²) in [4.78, 5) is 10.2. The van der Waals surface area contributed by atoms with Gasteiger partial charge >= 0.3 is 11.8 Å². The van der Waals surface area contributed by atoms with Crippen molar-refractivity contribution in [3.8, 4) is 5.88 Å². The summed E-state index contributed by atoms with van der Waals surface area (Å²) in [5, 5.41) is 25.0. The van der Waals surface area contributed by atoms with Gasteiger partial charge in [0.2, 0.25) is 0 Å². The van der Waals surface area contributed by atoms with Crippen molar-refractivity contribution in [2.45, 2.75) is 0 Å². The first kappa shape index (κ1) is 6.47. The second-order valence-corrected chi connectivity index (χ2v) is 1.56.